The number of hydrogen-bond acceptors (Lipinski definition) is 4. The van der Waals surface area contributed by atoms with Crippen molar-refractivity contribution < 1.29 is 14.3 Å². The Morgan fingerprint density at radius 1 is 1.29 bits per heavy atom. The van der Waals surface area contributed by atoms with E-state index < -0.39 is 12.1 Å². The molecule has 0 aromatic heterocycles. The number of Topliss-reactive ketones (excluding diaryl/α,β-unsaturated/α-hetero) is 1. The SMILES string of the molecule is COCC(OC)C(=O)C(N)Cc1ccccc1. The number of carbonyl (C=O) groups excluding carboxylic acids is 1. The lowest BCUT2D eigenvalue weighted by Gasteiger charge is -2.17. The van der Waals surface area contributed by atoms with Crippen molar-refractivity contribution in [2.24, 2.45) is 5.73 Å². The molecular weight excluding hydrogens is 218 g/mol. The Bertz CT molecular complexity index is 340. The molecule has 0 radical (unpaired) electrons. The first kappa shape index (κ1) is 13.8. The Kier molecular flexibility index (Phi) is 5.83. The Balaban J connectivity index is 2.57. The van der Waals surface area contributed by atoms with Crippen LogP contribution in [-0.4, -0.2) is 38.8 Å². The standard InChI is InChI=1S/C13H19NO3/c1-16-9-12(17-2)13(15)11(14)8-10-6-4-3-5-7-10/h3-7,11-12H,8-9,14H2,1-2H3. The number of ether oxygens (including phenoxy) is 2. The van der Waals surface area contributed by atoms with Gasteiger partial charge in [-0.15, -0.1) is 0 Å². The van der Waals surface area contributed by atoms with Crippen LogP contribution >= 0.6 is 0 Å². The molecule has 0 saturated heterocycles. The molecule has 4 nitrogen and oxygen atoms in total. The lowest BCUT2D eigenvalue weighted by molar-refractivity contribution is -0.133. The smallest absolute Gasteiger partial charge is 0.180 e. The van der Waals surface area contributed by atoms with Gasteiger partial charge in [0.15, 0.2) is 5.78 Å². The predicted molar refractivity (Wildman–Crippen MR) is 65.8 cm³/mol. The fourth-order valence-electron chi connectivity index (χ4n) is 1.63. The molecule has 0 aliphatic rings. The molecule has 1 rings (SSSR count). The highest BCUT2D eigenvalue weighted by atomic mass is 16.5. The van der Waals surface area contributed by atoms with Crippen LogP contribution in [0.2, 0.25) is 0 Å². The van der Waals surface area contributed by atoms with Gasteiger partial charge in [0, 0.05) is 14.2 Å². The highest BCUT2D eigenvalue weighted by Crippen LogP contribution is 2.05. The zero-order valence-corrected chi connectivity index (χ0v) is 10.3. The number of nitrogens with two attached hydrogens (primary N) is 1. The summed E-state index contributed by atoms with van der Waals surface area (Å²) in [5.41, 5.74) is 6.91. The number of methoxy groups -OCH3 is 2. The molecule has 0 heterocycles. The van der Waals surface area contributed by atoms with Gasteiger partial charge in [0.25, 0.3) is 0 Å². The third-order valence-electron chi connectivity index (χ3n) is 2.58. The minimum absolute atomic E-state index is 0.127. The van der Waals surface area contributed by atoms with Crippen LogP contribution in [0.25, 0.3) is 0 Å². The van der Waals surface area contributed by atoms with Gasteiger partial charge in [-0.1, -0.05) is 30.3 Å². The summed E-state index contributed by atoms with van der Waals surface area (Å²) in [5, 5.41) is 0. The Morgan fingerprint density at radius 2 is 1.94 bits per heavy atom. The topological polar surface area (TPSA) is 61.5 Å². The molecule has 2 unspecified atom stereocenters. The second kappa shape index (κ2) is 7.17. The van der Waals surface area contributed by atoms with Gasteiger partial charge in [-0.2, -0.15) is 0 Å². The van der Waals surface area contributed by atoms with Gasteiger partial charge in [0.2, 0.25) is 0 Å². The molecule has 0 aliphatic carbocycles. The molecule has 1 aromatic rings. The molecule has 94 valence electrons. The summed E-state index contributed by atoms with van der Waals surface area (Å²) in [5.74, 6) is -0.127. The summed E-state index contributed by atoms with van der Waals surface area (Å²) in [6.45, 7) is 0.234. The van der Waals surface area contributed by atoms with Gasteiger partial charge in [0.1, 0.15) is 6.10 Å². The van der Waals surface area contributed by atoms with E-state index in [1.807, 2.05) is 30.3 Å². The molecular formula is C13H19NO3. The summed E-state index contributed by atoms with van der Waals surface area (Å²) in [6.07, 6.45) is -0.0674. The van der Waals surface area contributed by atoms with Crippen LogP contribution in [0.15, 0.2) is 30.3 Å². The third kappa shape index (κ3) is 4.26. The highest BCUT2D eigenvalue weighted by molar-refractivity contribution is 5.88. The van der Waals surface area contributed by atoms with E-state index in [0.717, 1.165) is 5.56 Å². The van der Waals surface area contributed by atoms with Gasteiger partial charge < -0.3 is 15.2 Å². The first-order valence-electron chi connectivity index (χ1n) is 5.54. The molecule has 0 amide bonds. The van der Waals surface area contributed by atoms with Crippen LogP contribution in [-0.2, 0) is 20.7 Å². The van der Waals surface area contributed by atoms with Crippen molar-refractivity contribution in [3.05, 3.63) is 35.9 Å². The van der Waals surface area contributed by atoms with Crippen LogP contribution < -0.4 is 5.73 Å². The van der Waals surface area contributed by atoms with E-state index in [4.69, 9.17) is 15.2 Å². The van der Waals surface area contributed by atoms with E-state index in [9.17, 15) is 4.79 Å². The minimum atomic E-state index is -0.585. The molecule has 0 aliphatic heterocycles. The zero-order valence-electron chi connectivity index (χ0n) is 10.3. The summed E-state index contributed by atoms with van der Waals surface area (Å²) >= 11 is 0. The fourth-order valence-corrected chi connectivity index (χ4v) is 1.63. The summed E-state index contributed by atoms with van der Waals surface area (Å²) in [6, 6.07) is 9.12. The van der Waals surface area contributed by atoms with Crippen LogP contribution in [0, 0.1) is 0 Å². The number of hydrogen-bond donors (Lipinski definition) is 1. The van der Waals surface area contributed by atoms with Crippen LogP contribution in [0.3, 0.4) is 0 Å². The number of ketones is 1. The molecule has 0 saturated carbocycles. The fraction of sp³-hybridized carbons (Fsp3) is 0.462. The van der Waals surface area contributed by atoms with Gasteiger partial charge in [-0.05, 0) is 12.0 Å². The predicted octanol–water partition coefficient (Wildman–Crippen LogP) is 0.787. The number of rotatable bonds is 7. The Hall–Kier alpha value is -1.23. The molecule has 2 N–H and O–H groups in total. The molecule has 2 atom stereocenters. The Morgan fingerprint density at radius 3 is 2.47 bits per heavy atom. The lowest BCUT2D eigenvalue weighted by atomic mass is 10.0. The van der Waals surface area contributed by atoms with Crippen LogP contribution in [0.5, 0.6) is 0 Å². The maximum Gasteiger partial charge on any atom is 0.180 e. The summed E-state index contributed by atoms with van der Waals surface area (Å²) in [7, 11) is 3.01. The molecule has 0 fully saturated rings. The maximum absolute atomic E-state index is 11.9. The van der Waals surface area contributed by atoms with E-state index >= 15 is 0 Å². The van der Waals surface area contributed by atoms with Gasteiger partial charge in [0.05, 0.1) is 12.6 Å². The molecule has 4 heteroatoms. The van der Waals surface area contributed by atoms with Crippen LogP contribution in [0.4, 0.5) is 0 Å². The van der Waals surface area contributed by atoms with E-state index in [-0.39, 0.29) is 12.4 Å². The van der Waals surface area contributed by atoms with Crippen molar-refractivity contribution in [1.82, 2.24) is 0 Å². The second-order valence-electron chi connectivity index (χ2n) is 3.88. The largest absolute Gasteiger partial charge is 0.382 e. The molecule has 1 aromatic carbocycles. The lowest BCUT2D eigenvalue weighted by Crippen LogP contribution is -2.42. The van der Waals surface area contributed by atoms with Crippen molar-refractivity contribution in [3.8, 4) is 0 Å². The first-order chi connectivity index (χ1) is 8.19. The Labute approximate surface area is 102 Å². The normalized spacial score (nSPS) is 14.3. The van der Waals surface area contributed by atoms with E-state index in [1.165, 1.54) is 14.2 Å². The number of benzene rings is 1. The van der Waals surface area contributed by atoms with Crippen LogP contribution in [0.1, 0.15) is 5.56 Å². The monoisotopic (exact) mass is 237 g/mol. The van der Waals surface area contributed by atoms with Crippen molar-refractivity contribution in [2.75, 3.05) is 20.8 Å². The molecule has 0 bridgehead atoms. The second-order valence-corrected chi connectivity index (χ2v) is 3.88. The molecule has 17 heavy (non-hydrogen) atoms. The zero-order chi connectivity index (χ0) is 12.7. The first-order valence-corrected chi connectivity index (χ1v) is 5.54. The average Bonchev–Trinajstić information content (AvgIpc) is 2.36. The maximum atomic E-state index is 11.9. The number of carbonyl (C=O) groups is 1. The van der Waals surface area contributed by atoms with Gasteiger partial charge >= 0.3 is 0 Å². The van der Waals surface area contributed by atoms with Crippen molar-refractivity contribution in [1.29, 1.82) is 0 Å². The van der Waals surface area contributed by atoms with E-state index in [0.29, 0.717) is 6.42 Å². The third-order valence-corrected chi connectivity index (χ3v) is 2.58. The summed E-state index contributed by atoms with van der Waals surface area (Å²) < 4.78 is 9.97. The average molecular weight is 237 g/mol. The van der Waals surface area contributed by atoms with Gasteiger partial charge in [-0.25, -0.2) is 0 Å². The highest BCUT2D eigenvalue weighted by Gasteiger charge is 2.24. The summed E-state index contributed by atoms with van der Waals surface area (Å²) in [4.78, 5) is 11.9. The van der Waals surface area contributed by atoms with E-state index in [1.54, 1.807) is 0 Å². The van der Waals surface area contributed by atoms with Crippen molar-refractivity contribution >= 4 is 5.78 Å². The van der Waals surface area contributed by atoms with Crippen molar-refractivity contribution in [2.45, 2.75) is 18.6 Å². The molecule has 0 spiro atoms. The van der Waals surface area contributed by atoms with Gasteiger partial charge in [-0.3, -0.25) is 4.79 Å². The quantitative estimate of drug-likeness (QED) is 0.761. The van der Waals surface area contributed by atoms with E-state index in [2.05, 4.69) is 0 Å². The minimum Gasteiger partial charge on any atom is -0.382 e. The van der Waals surface area contributed by atoms with Crippen molar-refractivity contribution in [3.63, 3.8) is 0 Å².